The lowest BCUT2D eigenvalue weighted by atomic mass is 9.98. The minimum Gasteiger partial charge on any atom is -0.310 e. The third-order valence-electron chi connectivity index (χ3n) is 4.67. The van der Waals surface area contributed by atoms with Gasteiger partial charge in [-0.25, -0.2) is 0 Å². The van der Waals surface area contributed by atoms with E-state index in [2.05, 4.69) is 4.99 Å². The highest BCUT2D eigenvalue weighted by atomic mass is 32.2. The zero-order valence-corrected chi connectivity index (χ0v) is 16.7. The van der Waals surface area contributed by atoms with Gasteiger partial charge in [-0.15, -0.1) is 0 Å². The first-order valence-corrected chi connectivity index (χ1v) is 10.8. The monoisotopic (exact) mass is 422 g/mol. The predicted molar refractivity (Wildman–Crippen MR) is 109 cm³/mol. The molecular weight excluding hydrogens is 401 g/mol. The van der Waals surface area contributed by atoms with Gasteiger partial charge in [0.05, 0.1) is 17.0 Å². The molecule has 0 fully saturated rings. The first-order chi connectivity index (χ1) is 13.8. The highest BCUT2D eigenvalue weighted by molar-refractivity contribution is 7.84. The summed E-state index contributed by atoms with van der Waals surface area (Å²) in [6.45, 7) is 1.94. The van der Waals surface area contributed by atoms with Crippen molar-refractivity contribution >= 4 is 28.1 Å². The molecule has 0 aliphatic carbocycles. The van der Waals surface area contributed by atoms with E-state index in [0.717, 1.165) is 12.1 Å². The van der Waals surface area contributed by atoms with Gasteiger partial charge in [-0.05, 0) is 24.6 Å². The molecule has 8 heteroatoms. The number of nitrogens with zero attached hydrogens (tertiary/aromatic N) is 2. The van der Waals surface area contributed by atoms with E-state index < -0.39 is 22.5 Å². The molecular formula is C21H21F3N2O2S. The number of halogens is 3. The number of anilines is 1. The number of amides is 1. The van der Waals surface area contributed by atoms with Gasteiger partial charge in [0.25, 0.3) is 0 Å². The molecule has 0 saturated carbocycles. The lowest BCUT2D eigenvalue weighted by molar-refractivity contribution is -0.137. The van der Waals surface area contributed by atoms with Crippen molar-refractivity contribution in [3.05, 3.63) is 65.2 Å². The molecule has 0 spiro atoms. The third kappa shape index (κ3) is 4.93. The average Bonchev–Trinajstić information content (AvgIpc) is 2.84. The van der Waals surface area contributed by atoms with Crippen LogP contribution in [0.15, 0.2) is 53.5 Å². The number of benzodiazepines with no additional fused rings is 1. The maximum Gasteiger partial charge on any atom is 0.416 e. The van der Waals surface area contributed by atoms with Gasteiger partial charge in [-0.1, -0.05) is 37.3 Å². The number of aliphatic imine (C=N–C) groups is 1. The molecule has 29 heavy (non-hydrogen) atoms. The number of fused-ring (bicyclic) bond motifs is 1. The summed E-state index contributed by atoms with van der Waals surface area (Å²) in [5, 5.41) is 0. The van der Waals surface area contributed by atoms with E-state index in [-0.39, 0.29) is 24.6 Å². The van der Waals surface area contributed by atoms with E-state index in [1.54, 1.807) is 30.3 Å². The summed E-state index contributed by atoms with van der Waals surface area (Å²) in [5.74, 6) is 0.669. The molecule has 1 aliphatic rings. The smallest absolute Gasteiger partial charge is 0.310 e. The minimum absolute atomic E-state index is 0.156. The lowest BCUT2D eigenvalue weighted by Gasteiger charge is -2.24. The van der Waals surface area contributed by atoms with Crippen LogP contribution in [0.25, 0.3) is 0 Å². The quantitative estimate of drug-likeness (QED) is 0.705. The van der Waals surface area contributed by atoms with Crippen molar-refractivity contribution in [3.8, 4) is 0 Å². The summed E-state index contributed by atoms with van der Waals surface area (Å²) in [5.41, 5.74) is 0.884. The van der Waals surface area contributed by atoms with Crippen molar-refractivity contribution in [1.29, 1.82) is 0 Å². The molecule has 1 amide bonds. The number of alkyl halides is 3. The number of benzene rings is 2. The summed E-state index contributed by atoms with van der Waals surface area (Å²) in [4.78, 5) is 18.5. The Kier molecular flexibility index (Phi) is 6.52. The van der Waals surface area contributed by atoms with Gasteiger partial charge in [0.1, 0.15) is 6.54 Å². The molecule has 2 aromatic carbocycles. The first-order valence-electron chi connectivity index (χ1n) is 9.28. The van der Waals surface area contributed by atoms with E-state index in [9.17, 15) is 22.2 Å². The maximum absolute atomic E-state index is 13.3. The van der Waals surface area contributed by atoms with Crippen molar-refractivity contribution < 1.29 is 22.2 Å². The molecule has 0 radical (unpaired) electrons. The standard InChI is InChI=1S/C21H21F3N2O2S/c1-2-29(28)12-6-11-26-18-10-9-16(21(22,23)24)13-17(18)20(25-14-19(26)27)15-7-4-3-5-8-15/h3-5,7-10,13H,2,6,11-12,14H2,1H3. The van der Waals surface area contributed by atoms with Crippen LogP contribution in [0.1, 0.15) is 30.0 Å². The van der Waals surface area contributed by atoms with Crippen LogP contribution in [0.2, 0.25) is 0 Å². The van der Waals surface area contributed by atoms with E-state index in [4.69, 9.17) is 0 Å². The zero-order valence-electron chi connectivity index (χ0n) is 15.9. The van der Waals surface area contributed by atoms with Gasteiger partial charge < -0.3 is 4.90 Å². The average molecular weight is 422 g/mol. The van der Waals surface area contributed by atoms with E-state index in [0.29, 0.717) is 34.9 Å². The molecule has 0 saturated heterocycles. The molecule has 3 rings (SSSR count). The van der Waals surface area contributed by atoms with Gasteiger partial charge >= 0.3 is 6.18 Å². The van der Waals surface area contributed by atoms with Crippen molar-refractivity contribution in [3.63, 3.8) is 0 Å². The predicted octanol–water partition coefficient (Wildman–Crippen LogP) is 4.05. The van der Waals surface area contributed by atoms with Gasteiger partial charge in [0, 0.05) is 40.0 Å². The second-order valence-electron chi connectivity index (χ2n) is 6.59. The Labute approximate surface area is 169 Å². The van der Waals surface area contributed by atoms with Crippen LogP contribution in [-0.2, 0) is 21.8 Å². The summed E-state index contributed by atoms with van der Waals surface area (Å²) >= 11 is 0. The number of hydrogen-bond acceptors (Lipinski definition) is 3. The molecule has 154 valence electrons. The summed E-state index contributed by atoms with van der Waals surface area (Å²) in [7, 11) is -0.972. The molecule has 2 aromatic rings. The summed E-state index contributed by atoms with van der Waals surface area (Å²) in [6.07, 6.45) is -4.01. The van der Waals surface area contributed by atoms with E-state index in [1.165, 1.54) is 11.0 Å². The Bertz CT molecular complexity index is 943. The number of carbonyl (C=O) groups excluding carboxylic acids is 1. The maximum atomic E-state index is 13.3. The molecule has 1 atom stereocenters. The molecule has 0 aromatic heterocycles. The molecule has 1 aliphatic heterocycles. The van der Waals surface area contributed by atoms with Crippen molar-refractivity contribution in [2.75, 3.05) is 29.5 Å². The van der Waals surface area contributed by atoms with E-state index in [1.807, 2.05) is 6.92 Å². The Morgan fingerprint density at radius 3 is 2.52 bits per heavy atom. The Morgan fingerprint density at radius 2 is 1.86 bits per heavy atom. The van der Waals surface area contributed by atoms with Gasteiger partial charge in [-0.2, -0.15) is 13.2 Å². The zero-order chi connectivity index (χ0) is 21.0. The molecule has 4 nitrogen and oxygen atoms in total. The molecule has 1 heterocycles. The highest BCUT2D eigenvalue weighted by Crippen LogP contribution is 2.35. The fourth-order valence-electron chi connectivity index (χ4n) is 3.20. The third-order valence-corrected chi connectivity index (χ3v) is 6.05. The van der Waals surface area contributed by atoms with Crippen LogP contribution in [-0.4, -0.2) is 40.4 Å². The van der Waals surface area contributed by atoms with Crippen LogP contribution in [0.5, 0.6) is 0 Å². The fourth-order valence-corrected chi connectivity index (χ4v) is 3.94. The van der Waals surface area contributed by atoms with E-state index >= 15 is 0 Å². The van der Waals surface area contributed by atoms with Gasteiger partial charge in [0.15, 0.2) is 0 Å². The van der Waals surface area contributed by atoms with Crippen LogP contribution in [0.3, 0.4) is 0 Å². The second kappa shape index (κ2) is 8.90. The summed E-state index contributed by atoms with van der Waals surface area (Å²) < 4.78 is 51.7. The second-order valence-corrected chi connectivity index (χ2v) is 8.46. The minimum atomic E-state index is -4.50. The van der Waals surface area contributed by atoms with Crippen molar-refractivity contribution in [1.82, 2.24) is 0 Å². The Balaban J connectivity index is 2.05. The SMILES string of the molecule is CCS(=O)CCCN1C(=O)CN=C(c2ccccc2)c2cc(C(F)(F)F)ccc21. The van der Waals surface area contributed by atoms with Crippen molar-refractivity contribution in [2.24, 2.45) is 4.99 Å². The van der Waals surface area contributed by atoms with Gasteiger partial charge in [0.2, 0.25) is 5.91 Å². The Hall–Kier alpha value is -2.48. The molecule has 0 bridgehead atoms. The largest absolute Gasteiger partial charge is 0.416 e. The number of carbonyl (C=O) groups is 1. The van der Waals surface area contributed by atoms with Crippen molar-refractivity contribution in [2.45, 2.75) is 19.5 Å². The number of rotatable bonds is 6. The Morgan fingerprint density at radius 1 is 1.14 bits per heavy atom. The highest BCUT2D eigenvalue weighted by Gasteiger charge is 2.33. The first kappa shape index (κ1) is 21.2. The lowest BCUT2D eigenvalue weighted by Crippen LogP contribution is -2.34. The van der Waals surface area contributed by atoms with Crippen LogP contribution in [0, 0.1) is 0 Å². The fraction of sp³-hybridized carbons (Fsp3) is 0.333. The summed E-state index contributed by atoms with van der Waals surface area (Å²) in [6, 6.07) is 12.2. The number of hydrogen-bond donors (Lipinski definition) is 0. The molecule has 1 unspecified atom stereocenters. The normalized spacial score (nSPS) is 15.5. The molecule has 0 N–H and O–H groups in total. The van der Waals surface area contributed by atoms with Crippen LogP contribution >= 0.6 is 0 Å². The van der Waals surface area contributed by atoms with Crippen LogP contribution < -0.4 is 4.90 Å². The van der Waals surface area contributed by atoms with Crippen LogP contribution in [0.4, 0.5) is 18.9 Å². The topological polar surface area (TPSA) is 49.7 Å². The van der Waals surface area contributed by atoms with Gasteiger partial charge in [-0.3, -0.25) is 14.0 Å².